The van der Waals surface area contributed by atoms with Crippen LogP contribution in [0.25, 0.3) is 0 Å². The molecule has 1 unspecified atom stereocenters. The summed E-state index contributed by atoms with van der Waals surface area (Å²) in [6.45, 7) is 4.97. The van der Waals surface area contributed by atoms with E-state index in [1.807, 2.05) is 54.9 Å². The number of anilines is 1. The highest BCUT2D eigenvalue weighted by molar-refractivity contribution is 7.91. The summed E-state index contributed by atoms with van der Waals surface area (Å²) in [7, 11) is -3.54. The molecule has 1 atom stereocenters. The average molecular weight is 578 g/mol. The number of benzene rings is 2. The molecule has 0 aliphatic carbocycles. The van der Waals surface area contributed by atoms with Gasteiger partial charge < -0.3 is 9.80 Å². The minimum absolute atomic E-state index is 0.256. The summed E-state index contributed by atoms with van der Waals surface area (Å²) in [4.78, 5) is 13.5. The maximum absolute atomic E-state index is 12.9. The third kappa shape index (κ3) is 5.67. The maximum atomic E-state index is 12.9. The molecule has 2 aromatic carbocycles. The molecule has 2 aliphatic rings. The molecule has 0 saturated carbocycles. The van der Waals surface area contributed by atoms with Crippen LogP contribution < -0.4 is 4.90 Å². The minimum Gasteiger partial charge on any atom is -0.371 e. The van der Waals surface area contributed by atoms with Gasteiger partial charge in [-0.1, -0.05) is 30.3 Å². The van der Waals surface area contributed by atoms with E-state index in [2.05, 4.69) is 38.0 Å². The van der Waals surface area contributed by atoms with E-state index in [1.165, 1.54) is 24.5 Å². The number of nitrogens with zero attached hydrogens (tertiary/aromatic N) is 5. The molecule has 4 heterocycles. The zero-order valence-corrected chi connectivity index (χ0v) is 24.4. The summed E-state index contributed by atoms with van der Waals surface area (Å²) < 4.78 is 25.8. The number of hydrogen-bond donors (Lipinski definition) is 0. The molecule has 4 aromatic rings. The number of rotatable bonds is 9. The van der Waals surface area contributed by atoms with E-state index in [0.717, 1.165) is 62.4 Å². The van der Waals surface area contributed by atoms with Crippen LogP contribution >= 0.6 is 0 Å². The van der Waals surface area contributed by atoms with Crippen molar-refractivity contribution in [2.24, 2.45) is 11.8 Å². The lowest BCUT2D eigenvalue weighted by atomic mass is 9.64. The molecule has 0 amide bonds. The fourth-order valence-electron chi connectivity index (χ4n) is 6.59. The summed E-state index contributed by atoms with van der Waals surface area (Å²) >= 11 is 0. The van der Waals surface area contributed by atoms with E-state index < -0.39 is 15.3 Å². The fourth-order valence-corrected chi connectivity index (χ4v) is 7.84. The van der Waals surface area contributed by atoms with Crippen molar-refractivity contribution in [2.75, 3.05) is 37.6 Å². The molecule has 6 rings (SSSR count). The second kappa shape index (κ2) is 12.0. The predicted octanol–water partition coefficient (Wildman–Crippen LogP) is 5.16. The van der Waals surface area contributed by atoms with Crippen LogP contribution in [-0.4, -0.2) is 56.0 Å². The highest BCUT2D eigenvalue weighted by atomic mass is 32.2. The Morgan fingerprint density at radius 2 is 1.40 bits per heavy atom. The number of sulfone groups is 1. The molecule has 2 saturated heterocycles. The van der Waals surface area contributed by atoms with Gasteiger partial charge in [0.1, 0.15) is 0 Å². The van der Waals surface area contributed by atoms with E-state index in [1.54, 1.807) is 12.1 Å². The van der Waals surface area contributed by atoms with Crippen LogP contribution in [0.2, 0.25) is 0 Å². The minimum atomic E-state index is -3.54. The number of aromatic nitrogens is 2. The second-order valence-electron chi connectivity index (χ2n) is 11.5. The van der Waals surface area contributed by atoms with Crippen molar-refractivity contribution in [1.29, 1.82) is 5.26 Å². The third-order valence-corrected chi connectivity index (χ3v) is 10.7. The Balaban J connectivity index is 1.05. The monoisotopic (exact) mass is 577 g/mol. The van der Waals surface area contributed by atoms with Gasteiger partial charge in [-0.3, -0.25) is 9.97 Å². The lowest BCUT2D eigenvalue weighted by Gasteiger charge is -2.46. The first-order valence-corrected chi connectivity index (χ1v) is 16.0. The van der Waals surface area contributed by atoms with Crippen molar-refractivity contribution in [3.05, 3.63) is 115 Å². The van der Waals surface area contributed by atoms with Crippen LogP contribution in [0.15, 0.2) is 113 Å². The number of piperidine rings is 1. The number of pyridine rings is 2. The molecule has 2 fully saturated rings. The van der Waals surface area contributed by atoms with Gasteiger partial charge in [0.25, 0.3) is 0 Å². The van der Waals surface area contributed by atoms with Gasteiger partial charge in [-0.15, -0.1) is 0 Å². The highest BCUT2D eigenvalue weighted by Gasteiger charge is 2.43. The summed E-state index contributed by atoms with van der Waals surface area (Å²) in [5, 5.41) is 10.6. The molecule has 214 valence electrons. The van der Waals surface area contributed by atoms with Crippen molar-refractivity contribution in [2.45, 2.75) is 34.5 Å². The highest BCUT2D eigenvalue weighted by Crippen LogP contribution is 2.41. The smallest absolute Gasteiger partial charge is 0.206 e. The standard InChI is InChI=1S/C34H35N5O2S/c35-26-34(29-4-2-1-3-5-29,22-27-10-16-36-17-11-27)30-14-20-38(21-15-30)23-28-24-39(25-28)31-6-8-32(9-7-31)42(40,41)33-12-18-37-19-13-33/h1-13,16-19,28,30H,14-15,20-25H2. The van der Waals surface area contributed by atoms with Crippen molar-refractivity contribution >= 4 is 15.5 Å². The van der Waals surface area contributed by atoms with Gasteiger partial charge in [-0.25, -0.2) is 8.42 Å². The van der Waals surface area contributed by atoms with Crippen LogP contribution in [0.4, 0.5) is 5.69 Å². The van der Waals surface area contributed by atoms with E-state index >= 15 is 0 Å². The zero-order chi connectivity index (χ0) is 29.0. The first kappa shape index (κ1) is 28.1. The Morgan fingerprint density at radius 1 is 0.810 bits per heavy atom. The first-order chi connectivity index (χ1) is 20.5. The molecule has 2 aliphatic heterocycles. The van der Waals surface area contributed by atoms with Gasteiger partial charge in [0, 0.05) is 56.0 Å². The second-order valence-corrected chi connectivity index (χ2v) is 13.5. The Labute approximate surface area is 248 Å². The largest absolute Gasteiger partial charge is 0.371 e. The Hall–Kier alpha value is -4.06. The molecular formula is C34H35N5O2S. The molecule has 42 heavy (non-hydrogen) atoms. The van der Waals surface area contributed by atoms with E-state index in [0.29, 0.717) is 17.2 Å². The van der Waals surface area contributed by atoms with Crippen molar-refractivity contribution in [3.63, 3.8) is 0 Å². The molecular weight excluding hydrogens is 542 g/mol. The number of hydrogen-bond acceptors (Lipinski definition) is 7. The third-order valence-electron chi connectivity index (χ3n) is 8.95. The summed E-state index contributed by atoms with van der Waals surface area (Å²) in [5.74, 6) is 0.864. The SMILES string of the molecule is N#CC(Cc1ccncc1)(c1ccccc1)C1CCN(CC2CN(c3ccc(S(=O)(=O)c4ccncc4)cc3)C2)CC1. The topological polar surface area (TPSA) is 90.2 Å². The van der Waals surface area contributed by atoms with Gasteiger partial charge in [0.2, 0.25) is 9.84 Å². The Kier molecular flexibility index (Phi) is 8.05. The van der Waals surface area contributed by atoms with Gasteiger partial charge in [-0.2, -0.15) is 5.26 Å². The van der Waals surface area contributed by atoms with Crippen LogP contribution in [0.3, 0.4) is 0 Å². The van der Waals surface area contributed by atoms with Crippen LogP contribution in [0.5, 0.6) is 0 Å². The fraction of sp³-hybridized carbons (Fsp3) is 0.324. The van der Waals surface area contributed by atoms with Crippen LogP contribution in [-0.2, 0) is 21.7 Å². The first-order valence-electron chi connectivity index (χ1n) is 14.6. The van der Waals surface area contributed by atoms with E-state index in [9.17, 15) is 13.7 Å². The average Bonchev–Trinajstić information content (AvgIpc) is 3.03. The summed E-state index contributed by atoms with van der Waals surface area (Å²) in [6, 6.07) is 27.4. The van der Waals surface area contributed by atoms with Gasteiger partial charge in [-0.05, 0) is 97.9 Å². The van der Waals surface area contributed by atoms with Crippen molar-refractivity contribution < 1.29 is 8.42 Å². The lowest BCUT2D eigenvalue weighted by molar-refractivity contribution is 0.124. The summed E-state index contributed by atoms with van der Waals surface area (Å²) in [5.41, 5.74) is 2.75. The predicted molar refractivity (Wildman–Crippen MR) is 163 cm³/mol. The Morgan fingerprint density at radius 3 is 2.02 bits per heavy atom. The molecule has 0 spiro atoms. The molecule has 7 nitrogen and oxygen atoms in total. The summed E-state index contributed by atoms with van der Waals surface area (Å²) in [6.07, 6.45) is 9.30. The Bertz CT molecular complexity index is 1610. The van der Waals surface area contributed by atoms with E-state index in [-0.39, 0.29) is 10.8 Å². The normalized spacial score (nSPS) is 18.1. The zero-order valence-electron chi connectivity index (χ0n) is 23.6. The van der Waals surface area contributed by atoms with Gasteiger partial charge in [0.15, 0.2) is 0 Å². The number of likely N-dealkylation sites (tertiary alicyclic amines) is 1. The number of nitriles is 1. The molecule has 0 N–H and O–H groups in total. The van der Waals surface area contributed by atoms with Gasteiger partial charge >= 0.3 is 0 Å². The van der Waals surface area contributed by atoms with E-state index in [4.69, 9.17) is 0 Å². The maximum Gasteiger partial charge on any atom is 0.206 e. The van der Waals surface area contributed by atoms with Crippen LogP contribution in [0, 0.1) is 23.2 Å². The molecule has 2 aromatic heterocycles. The van der Waals surface area contributed by atoms with Crippen molar-refractivity contribution in [1.82, 2.24) is 14.9 Å². The van der Waals surface area contributed by atoms with Crippen molar-refractivity contribution in [3.8, 4) is 6.07 Å². The molecule has 0 bridgehead atoms. The molecule has 0 radical (unpaired) electrons. The quantitative estimate of drug-likeness (QED) is 0.271. The van der Waals surface area contributed by atoms with Crippen LogP contribution in [0.1, 0.15) is 24.0 Å². The lowest BCUT2D eigenvalue weighted by Crippen LogP contribution is -2.53. The van der Waals surface area contributed by atoms with Gasteiger partial charge in [0.05, 0.1) is 21.3 Å². The molecule has 8 heteroatoms.